The lowest BCUT2D eigenvalue weighted by atomic mass is 10.2. The van der Waals surface area contributed by atoms with Gasteiger partial charge in [-0.25, -0.2) is 0 Å². The van der Waals surface area contributed by atoms with Crippen LogP contribution in [0.5, 0.6) is 11.5 Å². The molecule has 0 aliphatic carbocycles. The highest BCUT2D eigenvalue weighted by Gasteiger charge is 2.16. The normalized spacial score (nSPS) is 12.3. The van der Waals surface area contributed by atoms with Gasteiger partial charge in [-0.05, 0) is 26.0 Å². The largest absolute Gasteiger partial charge is 0.493 e. The summed E-state index contributed by atoms with van der Waals surface area (Å²) in [4.78, 5) is 0. The van der Waals surface area contributed by atoms with Crippen LogP contribution < -0.4 is 14.8 Å². The molecule has 0 heterocycles. The van der Waals surface area contributed by atoms with Gasteiger partial charge in [0.25, 0.3) is 0 Å². The molecule has 1 aromatic carbocycles. The molecular formula is C14H23NO4. The first-order valence-corrected chi connectivity index (χ1v) is 6.29. The molecule has 1 atom stereocenters. The van der Waals surface area contributed by atoms with Gasteiger partial charge in [0.05, 0.1) is 19.8 Å². The topological polar surface area (TPSA) is 49.0 Å². The van der Waals surface area contributed by atoms with Gasteiger partial charge in [0, 0.05) is 26.0 Å². The van der Waals surface area contributed by atoms with E-state index in [0.29, 0.717) is 12.4 Å². The molecule has 19 heavy (non-hydrogen) atoms. The Morgan fingerprint density at radius 3 is 2.32 bits per heavy atom. The summed E-state index contributed by atoms with van der Waals surface area (Å²) in [5.74, 6) is 1.43. The first kappa shape index (κ1) is 15.6. The third-order valence-corrected chi connectivity index (χ3v) is 2.73. The maximum absolute atomic E-state index is 5.48. The van der Waals surface area contributed by atoms with Gasteiger partial charge >= 0.3 is 0 Å². The van der Waals surface area contributed by atoms with Crippen molar-refractivity contribution in [3.8, 4) is 11.5 Å². The maximum atomic E-state index is 5.48. The Bertz CT molecular complexity index is 380. The minimum atomic E-state index is -0.308. The van der Waals surface area contributed by atoms with Crippen molar-refractivity contribution < 1.29 is 18.9 Å². The molecule has 0 spiro atoms. The van der Waals surface area contributed by atoms with Crippen LogP contribution in [0.4, 0.5) is 5.69 Å². The van der Waals surface area contributed by atoms with E-state index in [1.807, 2.05) is 32.0 Å². The number of methoxy groups -OCH3 is 3. The number of hydrogen-bond acceptors (Lipinski definition) is 5. The predicted molar refractivity (Wildman–Crippen MR) is 75.1 cm³/mol. The number of benzene rings is 1. The molecule has 1 unspecified atom stereocenters. The van der Waals surface area contributed by atoms with Gasteiger partial charge in [-0.15, -0.1) is 0 Å². The van der Waals surface area contributed by atoms with E-state index in [2.05, 4.69) is 5.32 Å². The van der Waals surface area contributed by atoms with Crippen molar-refractivity contribution >= 4 is 5.69 Å². The van der Waals surface area contributed by atoms with Crippen molar-refractivity contribution in [1.29, 1.82) is 0 Å². The van der Waals surface area contributed by atoms with E-state index >= 15 is 0 Å². The van der Waals surface area contributed by atoms with E-state index in [0.717, 1.165) is 11.4 Å². The third-order valence-electron chi connectivity index (χ3n) is 2.73. The molecule has 0 aliphatic rings. The molecule has 5 heteroatoms. The quantitative estimate of drug-likeness (QED) is 0.735. The molecule has 108 valence electrons. The van der Waals surface area contributed by atoms with E-state index in [1.165, 1.54) is 0 Å². The van der Waals surface area contributed by atoms with Crippen molar-refractivity contribution in [2.75, 3.05) is 33.3 Å². The summed E-state index contributed by atoms with van der Waals surface area (Å²) in [6.45, 7) is 4.53. The van der Waals surface area contributed by atoms with Gasteiger partial charge in [-0.3, -0.25) is 0 Å². The van der Waals surface area contributed by atoms with E-state index < -0.39 is 0 Å². The molecule has 1 N–H and O–H groups in total. The van der Waals surface area contributed by atoms with Crippen LogP contribution in [-0.2, 0) is 9.47 Å². The average Bonchev–Trinajstić information content (AvgIpc) is 2.42. The summed E-state index contributed by atoms with van der Waals surface area (Å²) in [6.07, 6.45) is -0.308. The van der Waals surface area contributed by atoms with Crippen molar-refractivity contribution in [3.63, 3.8) is 0 Å². The SMILES string of the molecule is CCOc1ccc(NC(C)C(OC)OC)cc1OC. The van der Waals surface area contributed by atoms with Gasteiger partial charge in [-0.2, -0.15) is 0 Å². The number of ether oxygens (including phenoxy) is 4. The number of hydrogen-bond donors (Lipinski definition) is 1. The zero-order chi connectivity index (χ0) is 14.3. The van der Waals surface area contributed by atoms with E-state index in [-0.39, 0.29) is 12.3 Å². The van der Waals surface area contributed by atoms with Gasteiger partial charge in [0.2, 0.25) is 0 Å². The Balaban J connectivity index is 2.79. The van der Waals surface area contributed by atoms with E-state index in [4.69, 9.17) is 18.9 Å². The fourth-order valence-electron chi connectivity index (χ4n) is 1.87. The smallest absolute Gasteiger partial charge is 0.176 e. The van der Waals surface area contributed by atoms with E-state index in [1.54, 1.807) is 21.3 Å². The van der Waals surface area contributed by atoms with Crippen molar-refractivity contribution in [3.05, 3.63) is 18.2 Å². The molecule has 5 nitrogen and oxygen atoms in total. The monoisotopic (exact) mass is 269 g/mol. The molecule has 0 amide bonds. The number of rotatable bonds is 8. The molecule has 1 rings (SSSR count). The summed E-state index contributed by atoms with van der Waals surface area (Å²) >= 11 is 0. The van der Waals surface area contributed by atoms with Crippen LogP contribution in [0, 0.1) is 0 Å². The molecule has 0 aliphatic heterocycles. The van der Waals surface area contributed by atoms with Crippen LogP contribution in [0.2, 0.25) is 0 Å². The van der Waals surface area contributed by atoms with Crippen molar-refractivity contribution in [2.45, 2.75) is 26.2 Å². The summed E-state index contributed by atoms with van der Waals surface area (Å²) in [6, 6.07) is 5.72. The lowest BCUT2D eigenvalue weighted by molar-refractivity contribution is -0.109. The zero-order valence-electron chi connectivity index (χ0n) is 12.2. The second kappa shape index (κ2) is 7.86. The first-order chi connectivity index (χ1) is 9.15. The second-order valence-corrected chi connectivity index (χ2v) is 4.07. The highest BCUT2D eigenvalue weighted by Crippen LogP contribution is 2.30. The van der Waals surface area contributed by atoms with Crippen molar-refractivity contribution in [2.24, 2.45) is 0 Å². The Kier molecular flexibility index (Phi) is 6.45. The highest BCUT2D eigenvalue weighted by atomic mass is 16.7. The zero-order valence-corrected chi connectivity index (χ0v) is 12.2. The molecule has 0 aromatic heterocycles. The van der Waals surface area contributed by atoms with Gasteiger partial charge in [0.15, 0.2) is 17.8 Å². The number of nitrogens with one attached hydrogen (secondary N) is 1. The van der Waals surface area contributed by atoms with Gasteiger partial charge < -0.3 is 24.3 Å². The molecule has 1 aromatic rings. The molecule has 0 radical (unpaired) electrons. The van der Waals surface area contributed by atoms with Crippen LogP contribution in [0.1, 0.15) is 13.8 Å². The Hall–Kier alpha value is -1.46. The predicted octanol–water partition coefficient (Wildman–Crippen LogP) is 2.51. The minimum Gasteiger partial charge on any atom is -0.493 e. The lowest BCUT2D eigenvalue weighted by Gasteiger charge is -2.23. The first-order valence-electron chi connectivity index (χ1n) is 6.29. The van der Waals surface area contributed by atoms with Crippen LogP contribution in [-0.4, -0.2) is 40.3 Å². The summed E-state index contributed by atoms with van der Waals surface area (Å²) in [5, 5.41) is 3.30. The summed E-state index contributed by atoms with van der Waals surface area (Å²) in [5.41, 5.74) is 0.923. The fourth-order valence-corrected chi connectivity index (χ4v) is 1.87. The minimum absolute atomic E-state index is 0.0117. The maximum Gasteiger partial charge on any atom is 0.176 e. The highest BCUT2D eigenvalue weighted by molar-refractivity contribution is 5.55. The second-order valence-electron chi connectivity index (χ2n) is 4.07. The molecule has 0 saturated carbocycles. The lowest BCUT2D eigenvalue weighted by Crippen LogP contribution is -2.33. The summed E-state index contributed by atoms with van der Waals surface area (Å²) < 4.78 is 21.2. The fraction of sp³-hybridized carbons (Fsp3) is 0.571. The molecular weight excluding hydrogens is 246 g/mol. The Morgan fingerprint density at radius 1 is 1.11 bits per heavy atom. The number of anilines is 1. The molecule has 0 bridgehead atoms. The van der Waals surface area contributed by atoms with Crippen LogP contribution in [0.25, 0.3) is 0 Å². The average molecular weight is 269 g/mol. The Morgan fingerprint density at radius 2 is 1.79 bits per heavy atom. The molecule has 0 fully saturated rings. The van der Waals surface area contributed by atoms with Crippen LogP contribution in [0.15, 0.2) is 18.2 Å². The van der Waals surface area contributed by atoms with Crippen LogP contribution >= 0.6 is 0 Å². The molecule has 0 saturated heterocycles. The van der Waals surface area contributed by atoms with E-state index in [9.17, 15) is 0 Å². The van der Waals surface area contributed by atoms with Gasteiger partial charge in [-0.1, -0.05) is 0 Å². The van der Waals surface area contributed by atoms with Crippen molar-refractivity contribution in [1.82, 2.24) is 0 Å². The standard InChI is InChI=1S/C14H23NO4/c1-6-19-12-8-7-11(9-13(12)16-3)15-10(2)14(17-4)18-5/h7-10,14-15H,6H2,1-5H3. The van der Waals surface area contributed by atoms with Gasteiger partial charge in [0.1, 0.15) is 0 Å². The third kappa shape index (κ3) is 4.29. The Labute approximate surface area is 114 Å². The van der Waals surface area contributed by atoms with Crippen LogP contribution in [0.3, 0.4) is 0 Å². The summed E-state index contributed by atoms with van der Waals surface area (Å²) in [7, 11) is 4.86.